The smallest absolute Gasteiger partial charge is 0.177 e. The molecule has 4 heteroatoms. The van der Waals surface area contributed by atoms with Gasteiger partial charge in [0, 0.05) is 27.6 Å². The van der Waals surface area contributed by atoms with E-state index in [-0.39, 0.29) is 21.1 Å². The van der Waals surface area contributed by atoms with Gasteiger partial charge < -0.3 is 15.2 Å². The van der Waals surface area contributed by atoms with Crippen molar-refractivity contribution in [2.24, 2.45) is 5.73 Å². The summed E-state index contributed by atoms with van der Waals surface area (Å²) in [5.74, 6) is -0.486. The van der Waals surface area contributed by atoms with Crippen molar-refractivity contribution in [3.8, 4) is 0 Å². The van der Waals surface area contributed by atoms with Gasteiger partial charge in [0.2, 0.25) is 0 Å². The van der Waals surface area contributed by atoms with Gasteiger partial charge in [0.05, 0.1) is 13.2 Å². The van der Waals surface area contributed by atoms with Crippen LogP contribution in [0.25, 0.3) is 0 Å². The Balaban J connectivity index is 0.000000640. The Bertz CT molecular complexity index is 83.0. The molecule has 9 heavy (non-hydrogen) atoms. The number of rotatable bonds is 1. The Morgan fingerprint density at radius 2 is 1.89 bits per heavy atom. The van der Waals surface area contributed by atoms with Crippen LogP contribution in [0.15, 0.2) is 0 Å². The van der Waals surface area contributed by atoms with Gasteiger partial charge in [-0.05, 0) is 6.92 Å². The monoisotopic (exact) mass is 312 g/mol. The normalized spacial score (nSPS) is 23.3. The van der Waals surface area contributed by atoms with Crippen molar-refractivity contribution >= 4 is 0 Å². The van der Waals surface area contributed by atoms with E-state index in [4.69, 9.17) is 15.2 Å². The second kappa shape index (κ2) is 3.67. The third kappa shape index (κ3) is 2.34. The quantitative estimate of drug-likeness (QED) is 0.723. The summed E-state index contributed by atoms with van der Waals surface area (Å²) in [6.45, 7) is 3.63. The molecular formula is C5H11NO2Pt. The molecule has 2 N–H and O–H groups in total. The van der Waals surface area contributed by atoms with E-state index in [0.29, 0.717) is 19.8 Å². The Morgan fingerprint density at radius 3 is 2.11 bits per heavy atom. The molecular weight excluding hydrogens is 301 g/mol. The molecule has 0 radical (unpaired) electrons. The van der Waals surface area contributed by atoms with Gasteiger partial charge in [0.25, 0.3) is 0 Å². The van der Waals surface area contributed by atoms with Crippen LogP contribution in [0.5, 0.6) is 0 Å². The van der Waals surface area contributed by atoms with Crippen molar-refractivity contribution in [2.75, 3.05) is 19.8 Å². The Labute approximate surface area is 69.1 Å². The van der Waals surface area contributed by atoms with E-state index in [1.165, 1.54) is 0 Å². The molecule has 1 aliphatic rings. The molecule has 0 aromatic heterocycles. The van der Waals surface area contributed by atoms with Gasteiger partial charge in [-0.2, -0.15) is 0 Å². The zero-order chi connectivity index (χ0) is 6.04. The second-order valence-electron chi connectivity index (χ2n) is 2.03. The average molecular weight is 312 g/mol. The van der Waals surface area contributed by atoms with Gasteiger partial charge in [-0.25, -0.2) is 0 Å². The molecule has 0 unspecified atom stereocenters. The van der Waals surface area contributed by atoms with Crippen LogP contribution in [-0.4, -0.2) is 25.5 Å². The summed E-state index contributed by atoms with van der Waals surface area (Å²) in [6, 6.07) is 0. The molecule has 1 heterocycles. The molecule has 3 nitrogen and oxygen atoms in total. The number of nitrogens with two attached hydrogens (primary N) is 1. The minimum Gasteiger partial charge on any atom is -0.347 e. The first-order valence-corrected chi connectivity index (χ1v) is 2.75. The summed E-state index contributed by atoms with van der Waals surface area (Å²) in [7, 11) is 0. The van der Waals surface area contributed by atoms with Crippen LogP contribution in [0, 0.1) is 0 Å². The predicted molar refractivity (Wildman–Crippen MR) is 29.4 cm³/mol. The summed E-state index contributed by atoms with van der Waals surface area (Å²) < 4.78 is 10.3. The third-order valence-corrected chi connectivity index (χ3v) is 1.27. The van der Waals surface area contributed by atoms with Gasteiger partial charge in [-0.1, -0.05) is 0 Å². The molecule has 0 bridgehead atoms. The van der Waals surface area contributed by atoms with Gasteiger partial charge in [0.1, 0.15) is 0 Å². The summed E-state index contributed by atoms with van der Waals surface area (Å²) in [5.41, 5.74) is 5.32. The number of hydrogen-bond donors (Lipinski definition) is 1. The molecule has 0 amide bonds. The maximum absolute atomic E-state index is 5.32. The first-order valence-electron chi connectivity index (χ1n) is 2.75. The average Bonchev–Trinajstić information content (AvgIpc) is 2.17. The van der Waals surface area contributed by atoms with Gasteiger partial charge in [0.15, 0.2) is 5.79 Å². The standard InChI is InChI=1S/C5H11NO2.Pt/c1-5(4-6)7-2-3-8-5;/h2-4,6H2,1H3;. The van der Waals surface area contributed by atoms with Crippen LogP contribution in [0.2, 0.25) is 0 Å². The number of ether oxygens (including phenoxy) is 2. The maximum atomic E-state index is 5.32. The van der Waals surface area contributed by atoms with Crippen LogP contribution < -0.4 is 5.73 Å². The molecule has 0 aromatic rings. The zero-order valence-corrected chi connectivity index (χ0v) is 7.60. The SMILES string of the molecule is CC1(CN)OCCO1.[Pt]. The molecule has 0 atom stereocenters. The van der Waals surface area contributed by atoms with Crippen LogP contribution in [0.4, 0.5) is 0 Å². The van der Waals surface area contributed by atoms with E-state index < -0.39 is 5.79 Å². The number of hydrogen-bond acceptors (Lipinski definition) is 3. The molecule has 0 spiro atoms. The second-order valence-corrected chi connectivity index (χ2v) is 2.03. The van der Waals surface area contributed by atoms with Crippen molar-refractivity contribution in [2.45, 2.75) is 12.7 Å². The molecule has 58 valence electrons. The molecule has 1 aliphatic heterocycles. The Hall–Kier alpha value is 0.568. The maximum Gasteiger partial charge on any atom is 0.177 e. The Morgan fingerprint density at radius 1 is 1.44 bits per heavy atom. The minimum absolute atomic E-state index is 0. The fourth-order valence-corrected chi connectivity index (χ4v) is 0.675. The largest absolute Gasteiger partial charge is 0.347 e. The molecule has 1 rings (SSSR count). The van der Waals surface area contributed by atoms with E-state index in [1.54, 1.807) is 0 Å². The van der Waals surface area contributed by atoms with E-state index in [0.717, 1.165) is 0 Å². The molecule has 0 saturated carbocycles. The topological polar surface area (TPSA) is 44.5 Å². The fraction of sp³-hybridized carbons (Fsp3) is 1.00. The molecule has 0 aromatic carbocycles. The van der Waals surface area contributed by atoms with E-state index >= 15 is 0 Å². The van der Waals surface area contributed by atoms with Crippen molar-refractivity contribution in [3.05, 3.63) is 0 Å². The first-order chi connectivity index (χ1) is 3.77. The van der Waals surface area contributed by atoms with Crippen LogP contribution in [0.1, 0.15) is 6.92 Å². The van der Waals surface area contributed by atoms with Crippen molar-refractivity contribution in [1.82, 2.24) is 0 Å². The van der Waals surface area contributed by atoms with E-state index in [9.17, 15) is 0 Å². The van der Waals surface area contributed by atoms with Crippen LogP contribution in [0.3, 0.4) is 0 Å². The predicted octanol–water partition coefficient (Wildman–Crippen LogP) is -0.294. The summed E-state index contributed by atoms with van der Waals surface area (Å²) in [5, 5.41) is 0. The van der Waals surface area contributed by atoms with Gasteiger partial charge in [-0.15, -0.1) is 0 Å². The molecule has 1 fully saturated rings. The first kappa shape index (κ1) is 9.57. The summed E-state index contributed by atoms with van der Waals surface area (Å²) in [6.07, 6.45) is 0. The van der Waals surface area contributed by atoms with E-state index in [1.807, 2.05) is 6.92 Å². The van der Waals surface area contributed by atoms with Gasteiger partial charge >= 0.3 is 0 Å². The van der Waals surface area contributed by atoms with Crippen molar-refractivity contribution in [1.29, 1.82) is 0 Å². The van der Waals surface area contributed by atoms with Gasteiger partial charge in [-0.3, -0.25) is 0 Å². The summed E-state index contributed by atoms with van der Waals surface area (Å²) in [4.78, 5) is 0. The minimum atomic E-state index is -0.486. The fourth-order valence-electron chi connectivity index (χ4n) is 0.675. The summed E-state index contributed by atoms with van der Waals surface area (Å²) >= 11 is 0. The van der Waals surface area contributed by atoms with E-state index in [2.05, 4.69) is 0 Å². The molecule has 0 aliphatic carbocycles. The molecule has 1 saturated heterocycles. The zero-order valence-electron chi connectivity index (χ0n) is 5.33. The van der Waals surface area contributed by atoms with Crippen molar-refractivity contribution < 1.29 is 30.5 Å². The Kier molecular flexibility index (Phi) is 3.90. The van der Waals surface area contributed by atoms with Crippen LogP contribution >= 0.6 is 0 Å². The van der Waals surface area contributed by atoms with Crippen molar-refractivity contribution in [3.63, 3.8) is 0 Å². The third-order valence-electron chi connectivity index (χ3n) is 1.27. The van der Waals surface area contributed by atoms with Crippen LogP contribution in [-0.2, 0) is 30.5 Å².